The molecule has 0 saturated heterocycles. The second-order valence-electron chi connectivity index (χ2n) is 3.47. The summed E-state index contributed by atoms with van der Waals surface area (Å²) in [6.45, 7) is 8.44. The first-order valence-corrected chi connectivity index (χ1v) is 4.00. The molecular weight excluding hydrogens is 120 g/mol. The molecule has 0 N–H and O–H groups in total. The van der Waals surface area contributed by atoms with E-state index in [2.05, 4.69) is 38.7 Å². The van der Waals surface area contributed by atoms with Gasteiger partial charge in [0.25, 0.3) is 0 Å². The van der Waals surface area contributed by atoms with Crippen molar-refractivity contribution in [2.24, 2.45) is 11.3 Å². The standard InChI is InChI=1S/C10H16/c1-4-10(9(2)3)7-5-6-8-10/h4-6,9H,1,7-8H2,2-3H3. The van der Waals surface area contributed by atoms with Crippen molar-refractivity contribution < 1.29 is 0 Å². The van der Waals surface area contributed by atoms with E-state index in [1.807, 2.05) is 0 Å². The summed E-state index contributed by atoms with van der Waals surface area (Å²) in [6, 6.07) is 0. The van der Waals surface area contributed by atoms with Gasteiger partial charge in [-0.05, 0) is 24.2 Å². The summed E-state index contributed by atoms with van der Waals surface area (Å²) in [5, 5.41) is 0. The lowest BCUT2D eigenvalue weighted by Gasteiger charge is -2.29. The van der Waals surface area contributed by atoms with Crippen molar-refractivity contribution in [3.05, 3.63) is 24.8 Å². The Balaban J connectivity index is 2.70. The van der Waals surface area contributed by atoms with Crippen molar-refractivity contribution in [3.63, 3.8) is 0 Å². The summed E-state index contributed by atoms with van der Waals surface area (Å²) >= 11 is 0. The van der Waals surface area contributed by atoms with Gasteiger partial charge < -0.3 is 0 Å². The molecule has 0 aliphatic heterocycles. The van der Waals surface area contributed by atoms with E-state index in [0.717, 1.165) is 5.92 Å². The van der Waals surface area contributed by atoms with Crippen LogP contribution in [0.5, 0.6) is 0 Å². The van der Waals surface area contributed by atoms with Gasteiger partial charge in [-0.25, -0.2) is 0 Å². The first-order chi connectivity index (χ1) is 4.71. The summed E-state index contributed by atoms with van der Waals surface area (Å²) < 4.78 is 0. The number of allylic oxidation sites excluding steroid dienone is 3. The fourth-order valence-electron chi connectivity index (χ4n) is 1.56. The van der Waals surface area contributed by atoms with E-state index in [1.165, 1.54) is 12.8 Å². The zero-order valence-electron chi connectivity index (χ0n) is 6.93. The molecule has 0 spiro atoms. The molecule has 0 amide bonds. The molecule has 0 heterocycles. The molecule has 1 rings (SSSR count). The maximum atomic E-state index is 3.90. The normalized spacial score (nSPS) is 21.9. The number of hydrogen-bond acceptors (Lipinski definition) is 0. The topological polar surface area (TPSA) is 0 Å². The first kappa shape index (κ1) is 7.59. The van der Waals surface area contributed by atoms with Crippen LogP contribution in [0.25, 0.3) is 0 Å². The molecular formula is C10H16. The van der Waals surface area contributed by atoms with Crippen LogP contribution in [0.4, 0.5) is 0 Å². The average molecular weight is 136 g/mol. The Bertz CT molecular complexity index is 143. The SMILES string of the molecule is C=CC1(C(C)C)CC=CC1. The Morgan fingerprint density at radius 3 is 2.10 bits per heavy atom. The summed E-state index contributed by atoms with van der Waals surface area (Å²) in [6.07, 6.45) is 9.03. The molecule has 1 aliphatic carbocycles. The van der Waals surface area contributed by atoms with Gasteiger partial charge in [-0.15, -0.1) is 6.58 Å². The Hall–Kier alpha value is -0.520. The fourth-order valence-corrected chi connectivity index (χ4v) is 1.56. The fraction of sp³-hybridized carbons (Fsp3) is 0.600. The van der Waals surface area contributed by atoms with E-state index in [4.69, 9.17) is 0 Å². The second-order valence-corrected chi connectivity index (χ2v) is 3.47. The van der Waals surface area contributed by atoms with Crippen LogP contribution in [-0.2, 0) is 0 Å². The predicted octanol–water partition coefficient (Wildman–Crippen LogP) is 3.16. The van der Waals surface area contributed by atoms with E-state index < -0.39 is 0 Å². The maximum absolute atomic E-state index is 3.90. The van der Waals surface area contributed by atoms with Crippen molar-refractivity contribution in [1.82, 2.24) is 0 Å². The van der Waals surface area contributed by atoms with Gasteiger partial charge in [0, 0.05) is 0 Å². The highest BCUT2D eigenvalue weighted by Gasteiger charge is 2.30. The van der Waals surface area contributed by atoms with Crippen molar-refractivity contribution in [1.29, 1.82) is 0 Å². The lowest BCUT2D eigenvalue weighted by molar-refractivity contribution is 0.287. The van der Waals surface area contributed by atoms with Crippen LogP contribution in [0.1, 0.15) is 26.7 Å². The van der Waals surface area contributed by atoms with Gasteiger partial charge in [-0.1, -0.05) is 32.1 Å². The van der Waals surface area contributed by atoms with Gasteiger partial charge in [-0.3, -0.25) is 0 Å². The smallest absolute Gasteiger partial charge is 0.00291 e. The van der Waals surface area contributed by atoms with Gasteiger partial charge in [0.1, 0.15) is 0 Å². The lowest BCUT2D eigenvalue weighted by Crippen LogP contribution is -2.20. The largest absolute Gasteiger partial charge is 0.102 e. The van der Waals surface area contributed by atoms with Crippen LogP contribution in [-0.4, -0.2) is 0 Å². The molecule has 0 nitrogen and oxygen atoms in total. The van der Waals surface area contributed by atoms with Gasteiger partial charge in [0.05, 0.1) is 0 Å². The van der Waals surface area contributed by atoms with Crippen molar-refractivity contribution in [2.45, 2.75) is 26.7 Å². The summed E-state index contributed by atoms with van der Waals surface area (Å²) in [7, 11) is 0. The van der Waals surface area contributed by atoms with Crippen molar-refractivity contribution in [3.8, 4) is 0 Å². The minimum atomic E-state index is 0.389. The highest BCUT2D eigenvalue weighted by atomic mass is 14.3. The van der Waals surface area contributed by atoms with Crippen LogP contribution in [0.2, 0.25) is 0 Å². The Labute approximate surface area is 63.6 Å². The molecule has 0 aromatic heterocycles. The summed E-state index contributed by atoms with van der Waals surface area (Å²) in [5.41, 5.74) is 0.389. The Morgan fingerprint density at radius 2 is 1.90 bits per heavy atom. The lowest BCUT2D eigenvalue weighted by atomic mass is 9.75. The summed E-state index contributed by atoms with van der Waals surface area (Å²) in [4.78, 5) is 0. The van der Waals surface area contributed by atoms with E-state index in [9.17, 15) is 0 Å². The van der Waals surface area contributed by atoms with Crippen molar-refractivity contribution in [2.75, 3.05) is 0 Å². The van der Waals surface area contributed by atoms with Crippen LogP contribution >= 0.6 is 0 Å². The molecule has 0 unspecified atom stereocenters. The highest BCUT2D eigenvalue weighted by molar-refractivity contribution is 5.11. The number of hydrogen-bond donors (Lipinski definition) is 0. The molecule has 10 heavy (non-hydrogen) atoms. The minimum absolute atomic E-state index is 0.389. The molecule has 1 aliphatic rings. The van der Waals surface area contributed by atoms with Crippen LogP contribution in [0.15, 0.2) is 24.8 Å². The molecule has 0 aromatic carbocycles. The van der Waals surface area contributed by atoms with E-state index in [1.54, 1.807) is 0 Å². The third-order valence-corrected chi connectivity index (χ3v) is 2.72. The molecule has 0 heteroatoms. The zero-order chi connectivity index (χ0) is 7.61. The molecule has 0 saturated carbocycles. The first-order valence-electron chi connectivity index (χ1n) is 4.00. The molecule has 56 valence electrons. The van der Waals surface area contributed by atoms with Crippen LogP contribution in [0.3, 0.4) is 0 Å². The van der Waals surface area contributed by atoms with E-state index in [0.29, 0.717) is 5.41 Å². The van der Waals surface area contributed by atoms with E-state index in [-0.39, 0.29) is 0 Å². The molecule has 0 bridgehead atoms. The third kappa shape index (κ3) is 1.03. The zero-order valence-corrected chi connectivity index (χ0v) is 6.93. The molecule has 0 aromatic rings. The predicted molar refractivity (Wildman–Crippen MR) is 45.8 cm³/mol. The van der Waals surface area contributed by atoms with Crippen molar-refractivity contribution >= 4 is 0 Å². The van der Waals surface area contributed by atoms with E-state index >= 15 is 0 Å². The van der Waals surface area contributed by atoms with Gasteiger partial charge in [0.15, 0.2) is 0 Å². The molecule has 0 fully saturated rings. The minimum Gasteiger partial charge on any atom is -0.102 e. The summed E-state index contributed by atoms with van der Waals surface area (Å²) in [5.74, 6) is 0.722. The van der Waals surface area contributed by atoms with Crippen LogP contribution in [0, 0.1) is 11.3 Å². The van der Waals surface area contributed by atoms with Gasteiger partial charge in [0.2, 0.25) is 0 Å². The second kappa shape index (κ2) is 2.61. The van der Waals surface area contributed by atoms with Gasteiger partial charge >= 0.3 is 0 Å². The van der Waals surface area contributed by atoms with Crippen LogP contribution < -0.4 is 0 Å². The molecule has 0 radical (unpaired) electrons. The average Bonchev–Trinajstić information content (AvgIpc) is 2.35. The Morgan fingerprint density at radius 1 is 1.40 bits per heavy atom. The highest BCUT2D eigenvalue weighted by Crippen LogP contribution is 2.41. The third-order valence-electron chi connectivity index (χ3n) is 2.72. The maximum Gasteiger partial charge on any atom is -0.00291 e. The van der Waals surface area contributed by atoms with Gasteiger partial charge in [-0.2, -0.15) is 0 Å². The Kier molecular flexibility index (Phi) is 1.98. The molecule has 0 atom stereocenters. The number of rotatable bonds is 2. The monoisotopic (exact) mass is 136 g/mol. The quantitative estimate of drug-likeness (QED) is 0.511.